The zero-order valence-electron chi connectivity index (χ0n) is 11.8. The fraction of sp³-hybridized carbons (Fsp3) is 0.333. The van der Waals surface area contributed by atoms with Crippen LogP contribution in [0.4, 0.5) is 5.95 Å². The van der Waals surface area contributed by atoms with Crippen LogP contribution in [0.2, 0.25) is 0 Å². The van der Waals surface area contributed by atoms with Gasteiger partial charge in [-0.25, -0.2) is 4.79 Å². The molecule has 0 bridgehead atoms. The molecular weight excluding hydrogens is 278 g/mol. The Morgan fingerprint density at radius 2 is 1.95 bits per heavy atom. The van der Waals surface area contributed by atoms with Crippen LogP contribution in [-0.2, 0) is 11.8 Å². The van der Waals surface area contributed by atoms with E-state index in [9.17, 15) is 9.90 Å². The summed E-state index contributed by atoms with van der Waals surface area (Å²) in [6, 6.07) is 0.459. The number of hydrogen-bond donors (Lipinski definition) is 2. The van der Waals surface area contributed by atoms with Crippen molar-refractivity contribution < 1.29 is 19.4 Å². The minimum atomic E-state index is -1.08. The number of aryl methyl sites for hydroxylation is 1. The Morgan fingerprint density at radius 3 is 2.38 bits per heavy atom. The van der Waals surface area contributed by atoms with E-state index in [0.717, 1.165) is 0 Å². The van der Waals surface area contributed by atoms with Crippen LogP contribution in [0.1, 0.15) is 11.6 Å². The van der Waals surface area contributed by atoms with Gasteiger partial charge in [-0.15, -0.1) is 0 Å². The molecule has 21 heavy (non-hydrogen) atoms. The second-order valence-electron chi connectivity index (χ2n) is 4.14. The zero-order chi connectivity index (χ0) is 15.4. The molecule has 2 rings (SSSR count). The highest BCUT2D eigenvalue weighted by atomic mass is 16.5. The van der Waals surface area contributed by atoms with Gasteiger partial charge in [-0.2, -0.15) is 15.1 Å². The zero-order valence-corrected chi connectivity index (χ0v) is 11.8. The van der Waals surface area contributed by atoms with Gasteiger partial charge in [0.1, 0.15) is 0 Å². The molecule has 112 valence electrons. The van der Waals surface area contributed by atoms with Crippen molar-refractivity contribution in [2.75, 3.05) is 19.5 Å². The molecule has 0 spiro atoms. The predicted octanol–water partition coefficient (Wildman–Crippen LogP) is 0.465. The highest BCUT2D eigenvalue weighted by molar-refractivity contribution is 5.78. The quantitative estimate of drug-likeness (QED) is 0.790. The number of methoxy groups -OCH3 is 2. The van der Waals surface area contributed by atoms with E-state index in [-0.39, 0.29) is 17.7 Å². The monoisotopic (exact) mass is 293 g/mol. The van der Waals surface area contributed by atoms with Gasteiger partial charge >= 0.3 is 5.97 Å². The molecule has 0 fully saturated rings. The van der Waals surface area contributed by atoms with Crippen molar-refractivity contribution in [3.8, 4) is 11.8 Å². The van der Waals surface area contributed by atoms with E-state index in [1.54, 1.807) is 13.2 Å². The van der Waals surface area contributed by atoms with Crippen molar-refractivity contribution >= 4 is 11.9 Å². The largest absolute Gasteiger partial charge is 0.481 e. The Bertz CT molecular complexity index is 620. The Labute approximate surface area is 120 Å². The van der Waals surface area contributed by atoms with Crippen LogP contribution in [0.5, 0.6) is 11.8 Å². The lowest BCUT2D eigenvalue weighted by Gasteiger charge is -2.13. The average molecular weight is 293 g/mol. The number of carbonyl (C=O) groups is 1. The summed E-state index contributed by atoms with van der Waals surface area (Å²) in [5, 5.41) is 16.0. The smallest absolute Gasteiger partial charge is 0.331 e. The molecule has 2 N–H and O–H groups in total. The summed E-state index contributed by atoms with van der Waals surface area (Å²) in [6.07, 6.45) is 3.06. The van der Waals surface area contributed by atoms with Gasteiger partial charge in [-0.05, 0) is 0 Å². The van der Waals surface area contributed by atoms with Gasteiger partial charge < -0.3 is 19.9 Å². The SMILES string of the molecule is COc1cc(OC)nc(NC(C(=O)O)c2cnn(C)c2)n1. The van der Waals surface area contributed by atoms with E-state index in [1.807, 2.05) is 0 Å². The normalized spacial score (nSPS) is 11.8. The van der Waals surface area contributed by atoms with Gasteiger partial charge in [-0.1, -0.05) is 0 Å². The number of carboxylic acid groups (broad SMARTS) is 1. The molecule has 0 amide bonds. The van der Waals surface area contributed by atoms with Crippen LogP contribution in [0, 0.1) is 0 Å². The molecule has 0 saturated heterocycles. The molecular formula is C12H15N5O4. The van der Waals surface area contributed by atoms with Crippen LogP contribution in [0.15, 0.2) is 18.5 Å². The third-order valence-corrected chi connectivity index (χ3v) is 2.68. The first-order chi connectivity index (χ1) is 10.0. The minimum Gasteiger partial charge on any atom is -0.481 e. The maximum atomic E-state index is 11.4. The van der Waals surface area contributed by atoms with Crippen LogP contribution in [0.25, 0.3) is 0 Å². The van der Waals surface area contributed by atoms with Crippen molar-refractivity contribution in [2.24, 2.45) is 7.05 Å². The number of aromatic nitrogens is 4. The lowest BCUT2D eigenvalue weighted by Crippen LogP contribution is -2.21. The number of nitrogens with zero attached hydrogens (tertiary/aromatic N) is 4. The third kappa shape index (κ3) is 3.38. The summed E-state index contributed by atoms with van der Waals surface area (Å²) in [5.41, 5.74) is 0.482. The number of nitrogens with one attached hydrogen (secondary N) is 1. The molecule has 0 saturated carbocycles. The number of anilines is 1. The molecule has 2 heterocycles. The highest BCUT2D eigenvalue weighted by Crippen LogP contribution is 2.22. The van der Waals surface area contributed by atoms with Gasteiger partial charge in [-0.3, -0.25) is 4.68 Å². The first-order valence-electron chi connectivity index (χ1n) is 5.98. The lowest BCUT2D eigenvalue weighted by atomic mass is 10.1. The molecule has 0 aromatic carbocycles. The Balaban J connectivity index is 2.30. The first kappa shape index (κ1) is 14.6. The fourth-order valence-corrected chi connectivity index (χ4v) is 1.68. The van der Waals surface area contributed by atoms with Crippen molar-refractivity contribution in [3.63, 3.8) is 0 Å². The van der Waals surface area contributed by atoms with Crippen LogP contribution in [-0.4, -0.2) is 45.0 Å². The van der Waals surface area contributed by atoms with Gasteiger partial charge in [0.05, 0.1) is 26.5 Å². The first-order valence-corrected chi connectivity index (χ1v) is 5.98. The second-order valence-corrected chi connectivity index (χ2v) is 4.14. The van der Waals surface area contributed by atoms with E-state index in [2.05, 4.69) is 20.4 Å². The Hall–Kier alpha value is -2.84. The molecule has 0 aliphatic rings. The molecule has 0 radical (unpaired) electrons. The fourth-order valence-electron chi connectivity index (χ4n) is 1.68. The number of aliphatic carboxylic acids is 1. The average Bonchev–Trinajstić information content (AvgIpc) is 2.90. The molecule has 0 aliphatic heterocycles. The van der Waals surface area contributed by atoms with Gasteiger partial charge in [0, 0.05) is 18.8 Å². The van der Waals surface area contributed by atoms with Crippen molar-refractivity contribution in [2.45, 2.75) is 6.04 Å². The van der Waals surface area contributed by atoms with E-state index in [1.165, 1.54) is 31.2 Å². The van der Waals surface area contributed by atoms with Gasteiger partial charge in [0.2, 0.25) is 17.7 Å². The van der Waals surface area contributed by atoms with E-state index in [4.69, 9.17) is 9.47 Å². The summed E-state index contributed by atoms with van der Waals surface area (Å²) in [7, 11) is 4.59. The van der Waals surface area contributed by atoms with Crippen LogP contribution < -0.4 is 14.8 Å². The molecule has 1 atom stereocenters. The number of carboxylic acids is 1. The second kappa shape index (κ2) is 6.07. The molecule has 0 aliphatic carbocycles. The molecule has 2 aromatic rings. The molecule has 1 unspecified atom stereocenters. The molecule has 9 nitrogen and oxygen atoms in total. The lowest BCUT2D eigenvalue weighted by molar-refractivity contribution is -0.138. The Kier molecular flexibility index (Phi) is 4.21. The summed E-state index contributed by atoms with van der Waals surface area (Å²) in [6.45, 7) is 0. The van der Waals surface area contributed by atoms with Crippen LogP contribution in [0.3, 0.4) is 0 Å². The van der Waals surface area contributed by atoms with Gasteiger partial charge in [0.25, 0.3) is 0 Å². The van der Waals surface area contributed by atoms with Crippen molar-refractivity contribution in [1.29, 1.82) is 0 Å². The van der Waals surface area contributed by atoms with E-state index >= 15 is 0 Å². The highest BCUT2D eigenvalue weighted by Gasteiger charge is 2.23. The number of hydrogen-bond acceptors (Lipinski definition) is 7. The standard InChI is InChI=1S/C12H15N5O4/c1-17-6-7(5-13-17)10(11(18)19)16-12-14-8(20-2)4-9(15-12)21-3/h4-6,10H,1-3H3,(H,18,19)(H,14,15,16). The van der Waals surface area contributed by atoms with Crippen molar-refractivity contribution in [3.05, 3.63) is 24.0 Å². The van der Waals surface area contributed by atoms with Gasteiger partial charge in [0.15, 0.2) is 6.04 Å². The maximum Gasteiger partial charge on any atom is 0.331 e. The van der Waals surface area contributed by atoms with E-state index < -0.39 is 12.0 Å². The summed E-state index contributed by atoms with van der Waals surface area (Å²) in [4.78, 5) is 19.5. The van der Waals surface area contributed by atoms with E-state index in [0.29, 0.717) is 5.56 Å². The summed E-state index contributed by atoms with van der Waals surface area (Å²) in [5.74, 6) is -0.463. The maximum absolute atomic E-state index is 11.4. The topological polar surface area (TPSA) is 111 Å². The molecule has 9 heteroatoms. The molecule has 2 aromatic heterocycles. The number of ether oxygens (including phenoxy) is 2. The summed E-state index contributed by atoms with van der Waals surface area (Å²) < 4.78 is 11.5. The number of rotatable bonds is 6. The third-order valence-electron chi connectivity index (χ3n) is 2.68. The predicted molar refractivity (Wildman–Crippen MR) is 72.3 cm³/mol. The van der Waals surface area contributed by atoms with Crippen LogP contribution >= 0.6 is 0 Å². The van der Waals surface area contributed by atoms with Crippen molar-refractivity contribution in [1.82, 2.24) is 19.7 Å². The summed E-state index contributed by atoms with van der Waals surface area (Å²) >= 11 is 0. The Morgan fingerprint density at radius 1 is 1.33 bits per heavy atom. The minimum absolute atomic E-state index is 0.0856.